The van der Waals surface area contributed by atoms with Crippen LogP contribution in [0.2, 0.25) is 0 Å². The van der Waals surface area contributed by atoms with Crippen molar-refractivity contribution in [2.45, 2.75) is 13.5 Å². The van der Waals surface area contributed by atoms with Gasteiger partial charge in [0.15, 0.2) is 0 Å². The van der Waals surface area contributed by atoms with E-state index >= 15 is 0 Å². The molecular formula is C12H13BrN4O2. The number of halogens is 1. The summed E-state index contributed by atoms with van der Waals surface area (Å²) < 4.78 is 2.40. The van der Waals surface area contributed by atoms with Crippen molar-refractivity contribution in [3.05, 3.63) is 50.2 Å². The molecule has 0 saturated carbocycles. The molecule has 2 rings (SSSR count). The van der Waals surface area contributed by atoms with Crippen molar-refractivity contribution in [2.75, 3.05) is 5.32 Å². The maximum absolute atomic E-state index is 11.0. The van der Waals surface area contributed by atoms with Gasteiger partial charge in [-0.3, -0.25) is 14.8 Å². The Balaban J connectivity index is 2.20. The predicted molar refractivity (Wildman–Crippen MR) is 76.1 cm³/mol. The topological polar surface area (TPSA) is 73.0 Å². The summed E-state index contributed by atoms with van der Waals surface area (Å²) >= 11 is 3.24. The van der Waals surface area contributed by atoms with Crippen LogP contribution < -0.4 is 5.32 Å². The van der Waals surface area contributed by atoms with Gasteiger partial charge in [0.25, 0.3) is 5.69 Å². The standard InChI is InChI=1S/C12H13BrN4O2/c1-8-11(7-16(2)15-8)14-6-9-3-4-10(13)5-12(9)17(18)19/h3-5,7,14H,6H2,1-2H3. The molecule has 1 aromatic heterocycles. The van der Waals surface area contributed by atoms with Gasteiger partial charge in [-0.25, -0.2) is 0 Å². The van der Waals surface area contributed by atoms with E-state index in [1.54, 1.807) is 16.8 Å². The fourth-order valence-electron chi connectivity index (χ4n) is 1.82. The number of rotatable bonds is 4. The first-order valence-corrected chi connectivity index (χ1v) is 6.43. The normalized spacial score (nSPS) is 10.5. The summed E-state index contributed by atoms with van der Waals surface area (Å²) in [6.45, 7) is 2.27. The fraction of sp³-hybridized carbons (Fsp3) is 0.250. The van der Waals surface area contributed by atoms with Crippen molar-refractivity contribution in [3.63, 3.8) is 0 Å². The van der Waals surface area contributed by atoms with Crippen LogP contribution in [0.5, 0.6) is 0 Å². The van der Waals surface area contributed by atoms with Gasteiger partial charge in [-0.05, 0) is 19.1 Å². The Bertz CT molecular complexity index is 624. The number of anilines is 1. The Morgan fingerprint density at radius 1 is 1.53 bits per heavy atom. The average Bonchev–Trinajstić information content (AvgIpc) is 2.66. The van der Waals surface area contributed by atoms with E-state index < -0.39 is 0 Å². The van der Waals surface area contributed by atoms with E-state index in [1.807, 2.05) is 20.2 Å². The monoisotopic (exact) mass is 324 g/mol. The fourth-order valence-corrected chi connectivity index (χ4v) is 2.17. The summed E-state index contributed by atoms with van der Waals surface area (Å²) in [5, 5.41) is 18.4. The van der Waals surface area contributed by atoms with Crippen molar-refractivity contribution in [1.82, 2.24) is 9.78 Å². The predicted octanol–water partition coefficient (Wildman–Crippen LogP) is 3.01. The Morgan fingerprint density at radius 2 is 2.26 bits per heavy atom. The number of nitro groups is 1. The van der Waals surface area contributed by atoms with Crippen LogP contribution in [0, 0.1) is 17.0 Å². The van der Waals surface area contributed by atoms with Crippen molar-refractivity contribution in [2.24, 2.45) is 7.05 Å². The summed E-state index contributed by atoms with van der Waals surface area (Å²) in [4.78, 5) is 10.6. The summed E-state index contributed by atoms with van der Waals surface area (Å²) in [7, 11) is 1.83. The van der Waals surface area contributed by atoms with Gasteiger partial charge >= 0.3 is 0 Å². The molecule has 0 unspecified atom stereocenters. The first-order valence-electron chi connectivity index (χ1n) is 5.64. The van der Waals surface area contributed by atoms with Gasteiger partial charge in [0.2, 0.25) is 0 Å². The van der Waals surface area contributed by atoms with Crippen LogP contribution >= 0.6 is 15.9 Å². The number of aromatic nitrogens is 2. The van der Waals surface area contributed by atoms with Crippen LogP contribution in [0.3, 0.4) is 0 Å². The second-order valence-electron chi connectivity index (χ2n) is 4.19. The maximum Gasteiger partial charge on any atom is 0.275 e. The molecule has 0 spiro atoms. The lowest BCUT2D eigenvalue weighted by Crippen LogP contribution is -2.03. The second-order valence-corrected chi connectivity index (χ2v) is 5.10. The second kappa shape index (κ2) is 5.40. The molecule has 7 heteroatoms. The largest absolute Gasteiger partial charge is 0.378 e. The maximum atomic E-state index is 11.0. The molecule has 0 bridgehead atoms. The number of nitrogens with zero attached hydrogens (tertiary/aromatic N) is 3. The zero-order valence-electron chi connectivity index (χ0n) is 10.6. The van der Waals surface area contributed by atoms with Gasteiger partial charge < -0.3 is 5.32 Å². The van der Waals surface area contributed by atoms with E-state index in [4.69, 9.17) is 0 Å². The van der Waals surface area contributed by atoms with Crippen molar-refractivity contribution in [3.8, 4) is 0 Å². The Labute approximate surface area is 118 Å². The zero-order valence-corrected chi connectivity index (χ0v) is 12.1. The molecule has 1 aromatic carbocycles. The van der Waals surface area contributed by atoms with E-state index in [2.05, 4.69) is 26.3 Å². The van der Waals surface area contributed by atoms with Gasteiger partial charge in [0.05, 0.1) is 16.3 Å². The van der Waals surface area contributed by atoms with E-state index in [-0.39, 0.29) is 10.6 Å². The van der Waals surface area contributed by atoms with Crippen molar-refractivity contribution >= 4 is 27.3 Å². The molecule has 0 aliphatic heterocycles. The zero-order chi connectivity index (χ0) is 14.0. The Kier molecular flexibility index (Phi) is 3.84. The van der Waals surface area contributed by atoms with Crippen LogP contribution in [0.25, 0.3) is 0 Å². The van der Waals surface area contributed by atoms with Crippen molar-refractivity contribution in [1.29, 1.82) is 0 Å². The smallest absolute Gasteiger partial charge is 0.275 e. The van der Waals surface area contributed by atoms with Gasteiger partial charge in [-0.2, -0.15) is 5.10 Å². The molecule has 1 N–H and O–H groups in total. The third-order valence-electron chi connectivity index (χ3n) is 2.73. The highest BCUT2D eigenvalue weighted by molar-refractivity contribution is 9.10. The number of hydrogen-bond acceptors (Lipinski definition) is 4. The van der Waals surface area contributed by atoms with Gasteiger partial charge in [0, 0.05) is 35.9 Å². The molecular weight excluding hydrogens is 312 g/mol. The molecule has 0 aliphatic rings. The molecule has 19 heavy (non-hydrogen) atoms. The average molecular weight is 325 g/mol. The number of aryl methyl sites for hydroxylation is 2. The van der Waals surface area contributed by atoms with Gasteiger partial charge in [-0.15, -0.1) is 0 Å². The molecule has 6 nitrogen and oxygen atoms in total. The highest BCUT2D eigenvalue weighted by Gasteiger charge is 2.14. The molecule has 0 amide bonds. The van der Waals surface area contributed by atoms with Crippen LogP contribution in [0.4, 0.5) is 11.4 Å². The molecule has 0 fully saturated rings. The Hall–Kier alpha value is -1.89. The highest BCUT2D eigenvalue weighted by atomic mass is 79.9. The lowest BCUT2D eigenvalue weighted by molar-refractivity contribution is -0.385. The van der Waals surface area contributed by atoms with Crippen LogP contribution in [0.1, 0.15) is 11.3 Å². The summed E-state index contributed by atoms with van der Waals surface area (Å²) in [5.74, 6) is 0. The quantitative estimate of drug-likeness (QED) is 0.693. The number of hydrogen-bond donors (Lipinski definition) is 1. The first kappa shape index (κ1) is 13.5. The van der Waals surface area contributed by atoms with Gasteiger partial charge in [-0.1, -0.05) is 15.9 Å². The molecule has 1 heterocycles. The minimum absolute atomic E-state index is 0.100. The lowest BCUT2D eigenvalue weighted by Gasteiger charge is -2.06. The molecule has 0 aliphatic carbocycles. The number of benzene rings is 1. The third kappa shape index (κ3) is 3.11. The Morgan fingerprint density at radius 3 is 2.84 bits per heavy atom. The van der Waals surface area contributed by atoms with E-state index in [1.165, 1.54) is 6.07 Å². The molecule has 0 saturated heterocycles. The summed E-state index contributed by atoms with van der Waals surface area (Å²) in [6, 6.07) is 5.04. The molecule has 0 radical (unpaired) electrons. The van der Waals surface area contributed by atoms with Crippen molar-refractivity contribution < 1.29 is 4.92 Å². The minimum Gasteiger partial charge on any atom is -0.378 e. The first-order chi connectivity index (χ1) is 8.97. The highest BCUT2D eigenvalue weighted by Crippen LogP contribution is 2.24. The molecule has 0 atom stereocenters. The van der Waals surface area contributed by atoms with E-state index in [0.717, 1.165) is 11.4 Å². The molecule has 100 valence electrons. The number of nitrogens with one attached hydrogen (secondary N) is 1. The third-order valence-corrected chi connectivity index (χ3v) is 3.22. The van der Waals surface area contributed by atoms with Crippen LogP contribution in [0.15, 0.2) is 28.9 Å². The lowest BCUT2D eigenvalue weighted by atomic mass is 10.2. The van der Waals surface area contributed by atoms with E-state index in [0.29, 0.717) is 16.6 Å². The summed E-state index contributed by atoms with van der Waals surface area (Å²) in [6.07, 6.45) is 1.85. The summed E-state index contributed by atoms with van der Waals surface area (Å²) in [5.41, 5.74) is 2.47. The minimum atomic E-state index is -0.377. The van der Waals surface area contributed by atoms with E-state index in [9.17, 15) is 10.1 Å². The van der Waals surface area contributed by atoms with Crippen LogP contribution in [-0.2, 0) is 13.6 Å². The van der Waals surface area contributed by atoms with Gasteiger partial charge in [0.1, 0.15) is 0 Å². The number of nitro benzene ring substituents is 1. The van der Waals surface area contributed by atoms with Crippen LogP contribution in [-0.4, -0.2) is 14.7 Å². The molecule has 2 aromatic rings. The SMILES string of the molecule is Cc1nn(C)cc1NCc1ccc(Br)cc1[N+](=O)[O-].